The summed E-state index contributed by atoms with van der Waals surface area (Å²) >= 11 is 1.72. The number of thioether (sulfide) groups is 1. The van der Waals surface area contributed by atoms with Crippen molar-refractivity contribution in [2.24, 2.45) is 0 Å². The maximum atomic E-state index is 12.5. The molecule has 2 aromatic rings. The van der Waals surface area contributed by atoms with E-state index in [-0.39, 0.29) is 5.91 Å². The number of nitrogens with zero attached hydrogens (tertiary/aromatic N) is 2. The largest absolute Gasteiger partial charge is 0.342 e. The Hall–Kier alpha value is -1.75. The fourth-order valence-electron chi connectivity index (χ4n) is 3.40. The highest BCUT2D eigenvalue weighted by Crippen LogP contribution is 2.29. The van der Waals surface area contributed by atoms with Crippen LogP contribution >= 0.6 is 11.8 Å². The average Bonchev–Trinajstić information content (AvgIpc) is 3.11. The molecular formula is C19H25N3OS. The number of likely N-dealkylation sites (tertiary alicyclic amines) is 1. The molecule has 3 rings (SSSR count). The number of aromatic amines is 1. The first-order valence-electron chi connectivity index (χ1n) is 8.64. The van der Waals surface area contributed by atoms with Crippen molar-refractivity contribution in [3.63, 3.8) is 0 Å². The zero-order chi connectivity index (χ0) is 16.9. The lowest BCUT2D eigenvalue weighted by molar-refractivity contribution is -0.131. The Morgan fingerprint density at radius 3 is 2.62 bits per heavy atom. The van der Waals surface area contributed by atoms with Gasteiger partial charge in [-0.25, -0.2) is 0 Å². The van der Waals surface area contributed by atoms with E-state index < -0.39 is 0 Å². The predicted molar refractivity (Wildman–Crippen MR) is 98.4 cm³/mol. The first-order chi connectivity index (χ1) is 11.7. The number of aromatic nitrogens is 2. The van der Waals surface area contributed by atoms with E-state index in [9.17, 15) is 4.79 Å². The Morgan fingerprint density at radius 1 is 1.29 bits per heavy atom. The van der Waals surface area contributed by atoms with Crippen LogP contribution in [-0.4, -0.2) is 40.3 Å². The van der Waals surface area contributed by atoms with Gasteiger partial charge in [-0.15, -0.1) is 11.8 Å². The van der Waals surface area contributed by atoms with Gasteiger partial charge in [-0.2, -0.15) is 5.10 Å². The van der Waals surface area contributed by atoms with Crippen molar-refractivity contribution in [2.45, 2.75) is 43.4 Å². The zero-order valence-corrected chi connectivity index (χ0v) is 15.2. The van der Waals surface area contributed by atoms with Gasteiger partial charge in [0.05, 0.1) is 12.6 Å². The van der Waals surface area contributed by atoms with E-state index in [1.165, 1.54) is 16.2 Å². The fourth-order valence-corrected chi connectivity index (χ4v) is 3.81. The van der Waals surface area contributed by atoms with Gasteiger partial charge in [0.15, 0.2) is 0 Å². The minimum absolute atomic E-state index is 0.241. The van der Waals surface area contributed by atoms with Crippen molar-refractivity contribution in [3.05, 3.63) is 47.3 Å². The summed E-state index contributed by atoms with van der Waals surface area (Å²) < 4.78 is 0. The molecule has 0 radical (unpaired) electrons. The van der Waals surface area contributed by atoms with Gasteiger partial charge in [0.2, 0.25) is 5.91 Å². The second-order valence-electron chi connectivity index (χ2n) is 6.34. The molecule has 1 saturated heterocycles. The first-order valence-corrected chi connectivity index (χ1v) is 9.86. The molecule has 0 spiro atoms. The van der Waals surface area contributed by atoms with Crippen molar-refractivity contribution in [1.82, 2.24) is 15.1 Å². The average molecular weight is 343 g/mol. The van der Waals surface area contributed by atoms with Gasteiger partial charge in [-0.3, -0.25) is 9.89 Å². The third kappa shape index (κ3) is 3.83. The second kappa shape index (κ2) is 7.88. The van der Waals surface area contributed by atoms with E-state index in [0.29, 0.717) is 12.3 Å². The summed E-state index contributed by atoms with van der Waals surface area (Å²) in [5, 5.41) is 7.35. The molecule has 1 aromatic heterocycles. The molecule has 1 aliphatic rings. The van der Waals surface area contributed by atoms with Crippen molar-refractivity contribution in [1.29, 1.82) is 0 Å². The number of H-pyrrole nitrogens is 1. The molecule has 1 N–H and O–H groups in total. The molecule has 4 nitrogen and oxygen atoms in total. The summed E-state index contributed by atoms with van der Waals surface area (Å²) in [4.78, 5) is 15.8. The first kappa shape index (κ1) is 17.1. The Kier molecular flexibility index (Phi) is 5.61. The van der Waals surface area contributed by atoms with Crippen LogP contribution in [0.3, 0.4) is 0 Å². The predicted octanol–water partition coefficient (Wildman–Crippen LogP) is 3.64. The number of piperidine rings is 1. The van der Waals surface area contributed by atoms with Crippen LogP contribution in [-0.2, 0) is 17.6 Å². The summed E-state index contributed by atoms with van der Waals surface area (Å²) in [7, 11) is 0. The lowest BCUT2D eigenvalue weighted by atomic mass is 9.90. The molecule has 128 valence electrons. The van der Waals surface area contributed by atoms with Crippen LogP contribution in [0.25, 0.3) is 0 Å². The Labute approximate surface area is 148 Å². The number of amides is 1. The van der Waals surface area contributed by atoms with E-state index in [2.05, 4.69) is 47.6 Å². The van der Waals surface area contributed by atoms with Gasteiger partial charge in [0.1, 0.15) is 0 Å². The molecule has 2 heterocycles. The zero-order valence-electron chi connectivity index (χ0n) is 14.4. The highest BCUT2D eigenvalue weighted by atomic mass is 32.2. The molecule has 0 aliphatic carbocycles. The van der Waals surface area contributed by atoms with Crippen LogP contribution < -0.4 is 0 Å². The van der Waals surface area contributed by atoms with Gasteiger partial charge in [0.25, 0.3) is 0 Å². The Bertz CT molecular complexity index is 672. The molecule has 1 aliphatic heterocycles. The van der Waals surface area contributed by atoms with Crippen molar-refractivity contribution in [3.8, 4) is 0 Å². The summed E-state index contributed by atoms with van der Waals surface area (Å²) in [6.45, 7) is 3.85. The summed E-state index contributed by atoms with van der Waals surface area (Å²) in [5.41, 5.74) is 3.69. The number of carbonyl (C=O) groups excluding carboxylic acids is 1. The lowest BCUT2D eigenvalue weighted by Gasteiger charge is -2.32. The van der Waals surface area contributed by atoms with Gasteiger partial charge in [-0.1, -0.05) is 19.1 Å². The molecular weight excluding hydrogens is 318 g/mol. The molecule has 1 fully saturated rings. The number of hydrogen-bond donors (Lipinski definition) is 1. The standard InChI is InChI=1S/C19H25N3OS/c1-3-15-13-20-21-19(15)16-8-10-22(11-9-16)18(23)12-14-4-6-17(24-2)7-5-14/h4-7,13,16H,3,8-12H2,1-2H3,(H,20,21). The monoisotopic (exact) mass is 343 g/mol. The third-order valence-electron chi connectivity index (χ3n) is 4.90. The number of nitrogens with one attached hydrogen (secondary N) is 1. The highest BCUT2D eigenvalue weighted by Gasteiger charge is 2.25. The van der Waals surface area contributed by atoms with E-state index in [0.717, 1.165) is 37.9 Å². The minimum atomic E-state index is 0.241. The van der Waals surface area contributed by atoms with Crippen molar-refractivity contribution < 1.29 is 4.79 Å². The van der Waals surface area contributed by atoms with Crippen molar-refractivity contribution >= 4 is 17.7 Å². The lowest BCUT2D eigenvalue weighted by Crippen LogP contribution is -2.39. The number of aryl methyl sites for hydroxylation is 1. The third-order valence-corrected chi connectivity index (χ3v) is 5.65. The Balaban J connectivity index is 1.55. The maximum absolute atomic E-state index is 12.5. The maximum Gasteiger partial charge on any atom is 0.226 e. The van der Waals surface area contributed by atoms with Crippen LogP contribution in [0.4, 0.5) is 0 Å². The smallest absolute Gasteiger partial charge is 0.226 e. The fraction of sp³-hybridized carbons (Fsp3) is 0.474. The molecule has 0 saturated carbocycles. The minimum Gasteiger partial charge on any atom is -0.342 e. The van der Waals surface area contributed by atoms with Gasteiger partial charge in [-0.05, 0) is 48.8 Å². The molecule has 1 amide bonds. The number of carbonyl (C=O) groups is 1. The molecule has 24 heavy (non-hydrogen) atoms. The number of hydrogen-bond acceptors (Lipinski definition) is 3. The molecule has 0 bridgehead atoms. The van der Waals surface area contributed by atoms with Gasteiger partial charge < -0.3 is 4.90 Å². The topological polar surface area (TPSA) is 49.0 Å². The summed E-state index contributed by atoms with van der Waals surface area (Å²) in [6.07, 6.45) is 7.55. The molecule has 0 unspecified atom stereocenters. The molecule has 5 heteroatoms. The summed E-state index contributed by atoms with van der Waals surface area (Å²) in [6, 6.07) is 8.30. The number of rotatable bonds is 5. The van der Waals surface area contributed by atoms with Crippen molar-refractivity contribution in [2.75, 3.05) is 19.3 Å². The van der Waals surface area contributed by atoms with E-state index in [1.54, 1.807) is 11.8 Å². The number of benzene rings is 1. The van der Waals surface area contributed by atoms with Crippen LogP contribution in [0.1, 0.15) is 42.5 Å². The quantitative estimate of drug-likeness (QED) is 0.843. The normalized spacial score (nSPS) is 15.7. The second-order valence-corrected chi connectivity index (χ2v) is 7.22. The van der Waals surface area contributed by atoms with E-state index in [4.69, 9.17) is 0 Å². The SMILES string of the molecule is CCc1cn[nH]c1C1CCN(C(=O)Cc2ccc(SC)cc2)CC1. The Morgan fingerprint density at radius 2 is 2.00 bits per heavy atom. The van der Waals surface area contributed by atoms with Crippen LogP contribution in [0, 0.1) is 0 Å². The highest BCUT2D eigenvalue weighted by molar-refractivity contribution is 7.98. The molecule has 1 aromatic carbocycles. The van der Waals surface area contributed by atoms with E-state index >= 15 is 0 Å². The molecule has 0 atom stereocenters. The van der Waals surface area contributed by atoms with Gasteiger partial charge in [0, 0.05) is 29.6 Å². The van der Waals surface area contributed by atoms with Gasteiger partial charge >= 0.3 is 0 Å². The van der Waals surface area contributed by atoms with Crippen LogP contribution in [0.5, 0.6) is 0 Å². The summed E-state index contributed by atoms with van der Waals surface area (Å²) in [5.74, 6) is 0.748. The van der Waals surface area contributed by atoms with Crippen LogP contribution in [0.2, 0.25) is 0 Å². The van der Waals surface area contributed by atoms with Crippen LogP contribution in [0.15, 0.2) is 35.4 Å². The van der Waals surface area contributed by atoms with E-state index in [1.807, 2.05) is 11.1 Å².